The second-order valence-electron chi connectivity index (χ2n) is 3.55. The summed E-state index contributed by atoms with van der Waals surface area (Å²) in [7, 11) is 0. The monoisotopic (exact) mass is 186 g/mol. The van der Waals surface area contributed by atoms with E-state index in [0.29, 0.717) is 13.2 Å². The van der Waals surface area contributed by atoms with Gasteiger partial charge >= 0.3 is 5.97 Å². The highest BCUT2D eigenvalue weighted by atomic mass is 16.7. The molecule has 0 spiro atoms. The number of carboxylic acids is 1. The molecule has 0 aromatic rings. The number of hydrogen-bond acceptors (Lipinski definition) is 3. The molecule has 1 heterocycles. The van der Waals surface area contributed by atoms with Gasteiger partial charge in [-0.1, -0.05) is 6.58 Å². The van der Waals surface area contributed by atoms with Gasteiger partial charge in [-0.3, -0.25) is 0 Å². The van der Waals surface area contributed by atoms with Crippen LogP contribution in [0.15, 0.2) is 12.2 Å². The molecular weight excluding hydrogens is 172 g/mol. The molecule has 4 heteroatoms. The first-order valence-corrected chi connectivity index (χ1v) is 4.12. The van der Waals surface area contributed by atoms with Crippen molar-refractivity contribution in [1.82, 2.24) is 0 Å². The first-order valence-electron chi connectivity index (χ1n) is 4.12. The standard InChI is InChI=1S/C9H14O4/c1-6(8(10)11)7-4-12-9(2,3)13-5-7/h7H,1,4-5H2,2-3H3,(H,10,11). The molecule has 1 rings (SSSR count). The van der Waals surface area contributed by atoms with E-state index in [1.807, 2.05) is 0 Å². The predicted molar refractivity (Wildman–Crippen MR) is 46.2 cm³/mol. The van der Waals surface area contributed by atoms with Gasteiger partial charge in [-0.15, -0.1) is 0 Å². The van der Waals surface area contributed by atoms with Gasteiger partial charge in [-0.05, 0) is 13.8 Å². The van der Waals surface area contributed by atoms with Gasteiger partial charge in [0.2, 0.25) is 0 Å². The average molecular weight is 186 g/mol. The molecule has 1 N–H and O–H groups in total. The summed E-state index contributed by atoms with van der Waals surface area (Å²) < 4.78 is 10.6. The molecule has 0 aliphatic carbocycles. The number of hydrogen-bond donors (Lipinski definition) is 1. The summed E-state index contributed by atoms with van der Waals surface area (Å²) in [6, 6.07) is 0. The number of carboxylic acid groups (broad SMARTS) is 1. The summed E-state index contributed by atoms with van der Waals surface area (Å²) in [5, 5.41) is 8.65. The van der Waals surface area contributed by atoms with Gasteiger partial charge in [0.1, 0.15) is 0 Å². The molecule has 1 aliphatic heterocycles. The second kappa shape index (κ2) is 3.47. The molecule has 0 amide bonds. The van der Waals surface area contributed by atoms with Crippen LogP contribution in [0.25, 0.3) is 0 Å². The molecule has 0 unspecified atom stereocenters. The van der Waals surface area contributed by atoms with E-state index in [9.17, 15) is 4.79 Å². The minimum absolute atomic E-state index is 0.149. The summed E-state index contributed by atoms with van der Waals surface area (Å²) in [5.74, 6) is -1.82. The number of carbonyl (C=O) groups is 1. The smallest absolute Gasteiger partial charge is 0.331 e. The summed E-state index contributed by atoms with van der Waals surface area (Å²) in [5.41, 5.74) is 0.149. The fourth-order valence-electron chi connectivity index (χ4n) is 1.07. The van der Waals surface area contributed by atoms with Crippen LogP contribution in [0.2, 0.25) is 0 Å². The summed E-state index contributed by atoms with van der Waals surface area (Å²) in [6.07, 6.45) is 0. The number of rotatable bonds is 2. The highest BCUT2D eigenvalue weighted by Crippen LogP contribution is 2.24. The van der Waals surface area contributed by atoms with Gasteiger partial charge < -0.3 is 14.6 Å². The third-order valence-electron chi connectivity index (χ3n) is 2.03. The average Bonchev–Trinajstić information content (AvgIpc) is 2.03. The van der Waals surface area contributed by atoms with Gasteiger partial charge in [0.15, 0.2) is 5.79 Å². The Bertz CT molecular complexity index is 222. The predicted octanol–water partition coefficient (Wildman–Crippen LogP) is 1.03. The maximum absolute atomic E-state index is 10.5. The van der Waals surface area contributed by atoms with E-state index in [0.717, 1.165) is 0 Å². The van der Waals surface area contributed by atoms with Crippen LogP contribution in [-0.2, 0) is 14.3 Å². The van der Waals surface area contributed by atoms with E-state index >= 15 is 0 Å². The fourth-order valence-corrected chi connectivity index (χ4v) is 1.07. The molecular formula is C9H14O4. The van der Waals surface area contributed by atoms with Crippen LogP contribution in [0.1, 0.15) is 13.8 Å². The van der Waals surface area contributed by atoms with Crippen molar-refractivity contribution < 1.29 is 19.4 Å². The normalized spacial score (nSPS) is 22.6. The van der Waals surface area contributed by atoms with Crippen molar-refractivity contribution >= 4 is 5.97 Å². The first-order chi connectivity index (χ1) is 5.92. The van der Waals surface area contributed by atoms with Crippen molar-refractivity contribution in [2.24, 2.45) is 5.92 Å². The molecule has 1 saturated heterocycles. The molecule has 0 bridgehead atoms. The van der Waals surface area contributed by atoms with Crippen LogP contribution in [0.4, 0.5) is 0 Å². The minimum atomic E-state index is -0.989. The van der Waals surface area contributed by atoms with E-state index < -0.39 is 11.8 Å². The van der Waals surface area contributed by atoms with Crippen LogP contribution in [0.5, 0.6) is 0 Å². The van der Waals surface area contributed by atoms with Gasteiger partial charge in [0.05, 0.1) is 13.2 Å². The van der Waals surface area contributed by atoms with Crippen molar-refractivity contribution in [1.29, 1.82) is 0 Å². The summed E-state index contributed by atoms with van der Waals surface area (Å²) in [6.45, 7) is 7.78. The molecule has 1 fully saturated rings. The molecule has 0 radical (unpaired) electrons. The quantitative estimate of drug-likeness (QED) is 0.654. The van der Waals surface area contributed by atoms with Crippen LogP contribution in [-0.4, -0.2) is 30.1 Å². The largest absolute Gasteiger partial charge is 0.478 e. The van der Waals surface area contributed by atoms with Gasteiger partial charge in [-0.25, -0.2) is 4.79 Å². The maximum Gasteiger partial charge on any atom is 0.331 e. The van der Waals surface area contributed by atoms with E-state index in [4.69, 9.17) is 14.6 Å². The molecule has 0 aromatic carbocycles. The Morgan fingerprint density at radius 1 is 1.46 bits per heavy atom. The lowest BCUT2D eigenvalue weighted by atomic mass is 10.0. The zero-order valence-electron chi connectivity index (χ0n) is 7.87. The number of ether oxygens (including phenoxy) is 2. The Kier molecular flexibility index (Phi) is 2.73. The van der Waals surface area contributed by atoms with Crippen molar-refractivity contribution in [3.8, 4) is 0 Å². The molecule has 13 heavy (non-hydrogen) atoms. The van der Waals surface area contributed by atoms with Gasteiger partial charge in [0, 0.05) is 11.5 Å². The number of aliphatic carboxylic acids is 1. The second-order valence-corrected chi connectivity index (χ2v) is 3.55. The summed E-state index contributed by atoms with van der Waals surface area (Å²) in [4.78, 5) is 10.5. The van der Waals surface area contributed by atoms with E-state index in [-0.39, 0.29) is 11.5 Å². The van der Waals surface area contributed by atoms with Crippen LogP contribution >= 0.6 is 0 Å². The lowest BCUT2D eigenvalue weighted by molar-refractivity contribution is -0.257. The molecule has 0 saturated carbocycles. The highest BCUT2D eigenvalue weighted by Gasteiger charge is 2.31. The first kappa shape index (κ1) is 10.2. The van der Waals surface area contributed by atoms with Crippen molar-refractivity contribution in [2.45, 2.75) is 19.6 Å². The molecule has 0 atom stereocenters. The lowest BCUT2D eigenvalue weighted by Crippen LogP contribution is -2.40. The Hall–Kier alpha value is -0.870. The van der Waals surface area contributed by atoms with Crippen LogP contribution in [0.3, 0.4) is 0 Å². The highest BCUT2D eigenvalue weighted by molar-refractivity contribution is 5.86. The van der Waals surface area contributed by atoms with Crippen LogP contribution < -0.4 is 0 Å². The van der Waals surface area contributed by atoms with E-state index in [1.165, 1.54) is 0 Å². The van der Waals surface area contributed by atoms with E-state index in [2.05, 4.69) is 6.58 Å². The molecule has 74 valence electrons. The van der Waals surface area contributed by atoms with Gasteiger partial charge in [-0.2, -0.15) is 0 Å². The Labute approximate surface area is 77.1 Å². The molecule has 4 nitrogen and oxygen atoms in total. The minimum Gasteiger partial charge on any atom is -0.478 e. The SMILES string of the molecule is C=C(C(=O)O)C1COC(C)(C)OC1. The molecule has 0 aromatic heterocycles. The zero-order chi connectivity index (χ0) is 10.1. The van der Waals surface area contributed by atoms with Crippen molar-refractivity contribution in [3.63, 3.8) is 0 Å². The zero-order valence-corrected chi connectivity index (χ0v) is 7.87. The maximum atomic E-state index is 10.5. The van der Waals surface area contributed by atoms with E-state index in [1.54, 1.807) is 13.8 Å². The van der Waals surface area contributed by atoms with Crippen molar-refractivity contribution in [3.05, 3.63) is 12.2 Å². The lowest BCUT2D eigenvalue weighted by Gasteiger charge is -2.34. The Balaban J connectivity index is 2.50. The van der Waals surface area contributed by atoms with Gasteiger partial charge in [0.25, 0.3) is 0 Å². The summed E-state index contributed by atoms with van der Waals surface area (Å²) >= 11 is 0. The Morgan fingerprint density at radius 3 is 2.31 bits per heavy atom. The van der Waals surface area contributed by atoms with Crippen molar-refractivity contribution in [2.75, 3.05) is 13.2 Å². The van der Waals surface area contributed by atoms with Crippen LogP contribution in [0, 0.1) is 5.92 Å². The topological polar surface area (TPSA) is 55.8 Å². The third kappa shape index (κ3) is 2.54. The fraction of sp³-hybridized carbons (Fsp3) is 0.667. The Morgan fingerprint density at radius 2 is 1.92 bits per heavy atom. The third-order valence-corrected chi connectivity index (χ3v) is 2.03. The molecule has 1 aliphatic rings.